The van der Waals surface area contributed by atoms with E-state index in [1.807, 2.05) is 12.1 Å². The van der Waals surface area contributed by atoms with Gasteiger partial charge in [0.15, 0.2) is 0 Å². The number of phenols is 1. The molecule has 0 heterocycles. The summed E-state index contributed by atoms with van der Waals surface area (Å²) in [7, 11) is 0. The second-order valence-corrected chi connectivity index (χ2v) is 6.55. The minimum Gasteiger partial charge on any atom is -0.502 e. The molecule has 0 radical (unpaired) electrons. The quantitative estimate of drug-likeness (QED) is 0.408. The van der Waals surface area contributed by atoms with Gasteiger partial charge in [-0.05, 0) is 23.8 Å². The van der Waals surface area contributed by atoms with Crippen molar-refractivity contribution < 1.29 is 14.8 Å². The first-order chi connectivity index (χ1) is 11.4. The molecule has 2 aromatic carbocycles. The minimum absolute atomic E-state index is 0.111. The van der Waals surface area contributed by atoms with Crippen molar-refractivity contribution in [1.29, 1.82) is 0 Å². The summed E-state index contributed by atoms with van der Waals surface area (Å²) in [5, 5.41) is 24.4. The van der Waals surface area contributed by atoms with Gasteiger partial charge in [0, 0.05) is 20.6 Å². The van der Waals surface area contributed by atoms with Crippen LogP contribution in [-0.4, -0.2) is 22.2 Å². The number of aromatic hydroxyl groups is 1. The Balaban J connectivity index is 2.05. The molecule has 0 unspecified atom stereocenters. The van der Waals surface area contributed by atoms with Gasteiger partial charge in [-0.1, -0.05) is 44.0 Å². The molecule has 0 aromatic heterocycles. The summed E-state index contributed by atoms with van der Waals surface area (Å²) in [6, 6.07) is 9.88. The van der Waals surface area contributed by atoms with E-state index in [-0.39, 0.29) is 17.9 Å². The second kappa shape index (κ2) is 8.02. The van der Waals surface area contributed by atoms with Crippen LogP contribution in [0.3, 0.4) is 0 Å². The lowest BCUT2D eigenvalue weighted by molar-refractivity contribution is -0.385. The molecule has 0 saturated carbocycles. The fraction of sp³-hybridized carbons (Fsp3) is 0.0667. The van der Waals surface area contributed by atoms with Crippen molar-refractivity contribution in [3.63, 3.8) is 0 Å². The molecule has 2 aromatic rings. The lowest BCUT2D eigenvalue weighted by atomic mass is 10.1. The van der Waals surface area contributed by atoms with Gasteiger partial charge in [0.1, 0.15) is 0 Å². The van der Waals surface area contributed by atoms with E-state index in [4.69, 9.17) is 0 Å². The molecule has 0 fully saturated rings. The number of benzene rings is 2. The Kier molecular flexibility index (Phi) is 6.04. The Labute approximate surface area is 153 Å². The smallest absolute Gasteiger partial charge is 0.312 e. The van der Waals surface area contributed by atoms with Gasteiger partial charge in [0.2, 0.25) is 11.7 Å². The predicted molar refractivity (Wildman–Crippen MR) is 96.0 cm³/mol. The van der Waals surface area contributed by atoms with E-state index in [0.29, 0.717) is 4.47 Å². The molecule has 1 amide bonds. The number of amides is 1. The Morgan fingerprint density at radius 2 is 1.92 bits per heavy atom. The summed E-state index contributed by atoms with van der Waals surface area (Å²) >= 11 is 6.43. The van der Waals surface area contributed by atoms with E-state index in [2.05, 4.69) is 42.4 Å². The van der Waals surface area contributed by atoms with Gasteiger partial charge in [-0.2, -0.15) is 5.10 Å². The highest BCUT2D eigenvalue weighted by atomic mass is 79.9. The van der Waals surface area contributed by atoms with Crippen molar-refractivity contribution in [1.82, 2.24) is 5.43 Å². The number of nitro benzene ring substituents is 1. The van der Waals surface area contributed by atoms with Crippen molar-refractivity contribution in [2.45, 2.75) is 6.42 Å². The maximum atomic E-state index is 11.8. The Bertz CT molecular complexity index is 807. The molecule has 124 valence electrons. The molecule has 0 bridgehead atoms. The number of halogens is 2. The molecule has 2 N–H and O–H groups in total. The van der Waals surface area contributed by atoms with Crippen molar-refractivity contribution in [2.24, 2.45) is 5.10 Å². The minimum atomic E-state index is -0.705. The van der Waals surface area contributed by atoms with Crippen molar-refractivity contribution in [3.05, 3.63) is 66.6 Å². The first-order valence-electron chi connectivity index (χ1n) is 6.60. The molecule has 0 atom stereocenters. The normalized spacial score (nSPS) is 10.8. The highest BCUT2D eigenvalue weighted by Crippen LogP contribution is 2.32. The van der Waals surface area contributed by atoms with Crippen molar-refractivity contribution >= 4 is 49.7 Å². The number of nitrogens with one attached hydrogen (secondary N) is 1. The molecule has 0 spiro atoms. The molecular weight excluding hydrogens is 446 g/mol. The zero-order valence-electron chi connectivity index (χ0n) is 12.1. The third kappa shape index (κ3) is 4.87. The number of carbonyl (C=O) groups is 1. The van der Waals surface area contributed by atoms with Crippen molar-refractivity contribution in [2.75, 3.05) is 0 Å². The molecular formula is C15H11Br2N3O4. The van der Waals surface area contributed by atoms with Crippen LogP contribution in [0, 0.1) is 10.1 Å². The average molecular weight is 457 g/mol. The number of phenolic OH excluding ortho intramolecular Hbond substituents is 1. The SMILES string of the molecule is O=C(Cc1ccc(Br)cc1)N/N=C/c1cc(Br)cc([N+](=O)[O-])c1O. The van der Waals surface area contributed by atoms with Crippen LogP contribution in [0.4, 0.5) is 5.69 Å². The van der Waals surface area contributed by atoms with Crippen LogP contribution in [-0.2, 0) is 11.2 Å². The van der Waals surface area contributed by atoms with Gasteiger partial charge in [0.25, 0.3) is 0 Å². The Hall–Kier alpha value is -2.26. The van der Waals surface area contributed by atoms with E-state index in [0.717, 1.165) is 16.3 Å². The number of rotatable bonds is 5. The summed E-state index contributed by atoms with van der Waals surface area (Å²) < 4.78 is 1.33. The fourth-order valence-corrected chi connectivity index (χ4v) is 2.57. The molecule has 7 nitrogen and oxygen atoms in total. The highest BCUT2D eigenvalue weighted by Gasteiger charge is 2.17. The number of hydrogen-bond acceptors (Lipinski definition) is 5. The summed E-state index contributed by atoms with van der Waals surface area (Å²) in [4.78, 5) is 21.9. The van der Waals surface area contributed by atoms with E-state index in [9.17, 15) is 20.0 Å². The monoisotopic (exact) mass is 455 g/mol. The zero-order chi connectivity index (χ0) is 17.7. The lowest BCUT2D eigenvalue weighted by Crippen LogP contribution is -2.19. The first-order valence-corrected chi connectivity index (χ1v) is 8.18. The standard InChI is InChI=1S/C15H11Br2N3O4/c16-11-3-1-9(2-4-11)5-14(21)19-18-8-10-6-12(17)7-13(15(10)22)20(23)24/h1-4,6-8,22H,5H2,(H,19,21)/b18-8+. The molecule has 24 heavy (non-hydrogen) atoms. The van der Waals surface area contributed by atoms with E-state index in [1.54, 1.807) is 12.1 Å². The number of hydrazone groups is 1. The first kappa shape index (κ1) is 18.1. The van der Waals surface area contributed by atoms with E-state index >= 15 is 0 Å². The zero-order valence-corrected chi connectivity index (χ0v) is 15.2. The van der Waals surface area contributed by atoms with E-state index in [1.165, 1.54) is 12.1 Å². The van der Waals surface area contributed by atoms with Crippen LogP contribution in [0.15, 0.2) is 50.4 Å². The van der Waals surface area contributed by atoms with Crippen molar-refractivity contribution in [3.8, 4) is 5.75 Å². The van der Waals surface area contributed by atoms with Crippen LogP contribution < -0.4 is 5.43 Å². The lowest BCUT2D eigenvalue weighted by Gasteiger charge is -2.03. The summed E-state index contributed by atoms with van der Waals surface area (Å²) in [5.74, 6) is -0.869. The highest BCUT2D eigenvalue weighted by molar-refractivity contribution is 9.10. The van der Waals surface area contributed by atoms with Crippen LogP contribution in [0.2, 0.25) is 0 Å². The van der Waals surface area contributed by atoms with Gasteiger partial charge in [-0.25, -0.2) is 5.43 Å². The molecule has 2 rings (SSSR count). The van der Waals surface area contributed by atoms with Crippen LogP contribution in [0.25, 0.3) is 0 Å². The van der Waals surface area contributed by atoms with Crippen LogP contribution in [0.1, 0.15) is 11.1 Å². The van der Waals surface area contributed by atoms with Gasteiger partial charge in [-0.3, -0.25) is 14.9 Å². The molecule has 0 aliphatic rings. The third-order valence-corrected chi connectivity index (χ3v) is 3.94. The van der Waals surface area contributed by atoms with Gasteiger partial charge < -0.3 is 5.11 Å². The summed E-state index contributed by atoms with van der Waals surface area (Å²) in [6.07, 6.45) is 1.28. The summed E-state index contributed by atoms with van der Waals surface area (Å²) in [6.45, 7) is 0. The Morgan fingerprint density at radius 3 is 2.54 bits per heavy atom. The summed E-state index contributed by atoms with van der Waals surface area (Å²) in [5.41, 5.74) is 2.78. The number of nitrogens with zero attached hydrogens (tertiary/aromatic N) is 2. The largest absolute Gasteiger partial charge is 0.502 e. The van der Waals surface area contributed by atoms with Gasteiger partial charge in [0.05, 0.1) is 17.6 Å². The fourth-order valence-electron chi connectivity index (χ4n) is 1.84. The second-order valence-electron chi connectivity index (χ2n) is 4.72. The van der Waals surface area contributed by atoms with E-state index < -0.39 is 16.4 Å². The number of carbonyl (C=O) groups excluding carboxylic acids is 1. The molecule has 0 aliphatic carbocycles. The molecule has 9 heteroatoms. The maximum absolute atomic E-state index is 11.8. The maximum Gasteiger partial charge on any atom is 0.312 e. The molecule has 0 saturated heterocycles. The topological polar surface area (TPSA) is 105 Å². The molecule has 0 aliphatic heterocycles. The third-order valence-electron chi connectivity index (χ3n) is 2.95. The number of nitro groups is 1. The predicted octanol–water partition coefficient (Wildman–Crippen LogP) is 3.52. The van der Waals surface area contributed by atoms with Crippen LogP contribution in [0.5, 0.6) is 5.75 Å². The number of hydrogen-bond donors (Lipinski definition) is 2. The van der Waals surface area contributed by atoms with Gasteiger partial charge in [-0.15, -0.1) is 0 Å². The van der Waals surface area contributed by atoms with Gasteiger partial charge >= 0.3 is 5.69 Å². The Morgan fingerprint density at radius 1 is 1.25 bits per heavy atom. The average Bonchev–Trinajstić information content (AvgIpc) is 2.52. The van der Waals surface area contributed by atoms with Crippen LogP contribution >= 0.6 is 31.9 Å².